The molecule has 0 radical (unpaired) electrons. The van der Waals surface area contributed by atoms with Crippen LogP contribution in [0.4, 0.5) is 0 Å². The van der Waals surface area contributed by atoms with Crippen molar-refractivity contribution >= 4 is 33.2 Å². The van der Waals surface area contributed by atoms with Gasteiger partial charge >= 0.3 is 0 Å². The molecular formula is C11H10BrN3OS. The lowest BCUT2D eigenvalue weighted by Crippen LogP contribution is -2.22. The third-order valence-corrected chi connectivity index (χ3v) is 3.39. The number of carbonyl (C=O) groups is 1. The zero-order chi connectivity index (χ0) is 12.3. The summed E-state index contributed by atoms with van der Waals surface area (Å²) in [6.45, 7) is 2.30. The molecular weight excluding hydrogens is 302 g/mol. The Morgan fingerprint density at radius 1 is 1.47 bits per heavy atom. The molecule has 0 saturated carbocycles. The number of carbonyl (C=O) groups excluding carboxylic acids is 1. The summed E-state index contributed by atoms with van der Waals surface area (Å²) in [5.41, 5.74) is 0.626. The molecule has 88 valence electrons. The van der Waals surface area contributed by atoms with Crippen LogP contribution in [0.25, 0.3) is 0 Å². The SMILES string of the molecule is Cc1nnc(CNC(=O)c2cccc(Br)c2)s1. The van der Waals surface area contributed by atoms with Crippen LogP contribution in [-0.4, -0.2) is 16.1 Å². The van der Waals surface area contributed by atoms with E-state index in [-0.39, 0.29) is 5.91 Å². The van der Waals surface area contributed by atoms with Gasteiger partial charge in [-0.3, -0.25) is 4.79 Å². The van der Waals surface area contributed by atoms with Crippen LogP contribution in [0.2, 0.25) is 0 Å². The maximum absolute atomic E-state index is 11.8. The Bertz CT molecular complexity index is 541. The van der Waals surface area contributed by atoms with E-state index >= 15 is 0 Å². The molecule has 1 N–H and O–H groups in total. The van der Waals surface area contributed by atoms with Crippen molar-refractivity contribution in [2.75, 3.05) is 0 Å². The molecule has 1 amide bonds. The Labute approximate surface area is 111 Å². The highest BCUT2D eigenvalue weighted by molar-refractivity contribution is 9.10. The first kappa shape index (κ1) is 12.2. The van der Waals surface area contributed by atoms with E-state index in [1.165, 1.54) is 11.3 Å². The fourth-order valence-corrected chi connectivity index (χ4v) is 2.34. The highest BCUT2D eigenvalue weighted by atomic mass is 79.9. The fourth-order valence-electron chi connectivity index (χ4n) is 1.30. The normalized spacial score (nSPS) is 10.2. The molecule has 0 saturated heterocycles. The average Bonchev–Trinajstić information content (AvgIpc) is 2.72. The van der Waals surface area contributed by atoms with Gasteiger partial charge in [-0.15, -0.1) is 10.2 Å². The maximum atomic E-state index is 11.8. The summed E-state index contributed by atoms with van der Waals surface area (Å²) in [7, 11) is 0. The van der Waals surface area contributed by atoms with Crippen LogP contribution in [-0.2, 0) is 6.54 Å². The quantitative estimate of drug-likeness (QED) is 0.947. The summed E-state index contributed by atoms with van der Waals surface area (Å²) < 4.78 is 0.886. The zero-order valence-corrected chi connectivity index (χ0v) is 11.5. The van der Waals surface area contributed by atoms with E-state index in [9.17, 15) is 4.79 Å². The Hall–Kier alpha value is -1.27. The van der Waals surface area contributed by atoms with E-state index in [1.807, 2.05) is 19.1 Å². The fraction of sp³-hybridized carbons (Fsp3) is 0.182. The molecule has 0 aliphatic heterocycles. The molecule has 0 unspecified atom stereocenters. The number of aryl methyl sites for hydroxylation is 1. The Morgan fingerprint density at radius 3 is 2.94 bits per heavy atom. The maximum Gasteiger partial charge on any atom is 0.251 e. The summed E-state index contributed by atoms with van der Waals surface area (Å²) >= 11 is 4.81. The largest absolute Gasteiger partial charge is 0.345 e. The predicted octanol–water partition coefficient (Wildman–Crippen LogP) is 2.54. The first-order chi connectivity index (χ1) is 8.15. The summed E-state index contributed by atoms with van der Waals surface area (Å²) in [4.78, 5) is 11.8. The lowest BCUT2D eigenvalue weighted by atomic mass is 10.2. The van der Waals surface area contributed by atoms with Gasteiger partial charge in [-0.05, 0) is 25.1 Å². The average molecular weight is 312 g/mol. The minimum atomic E-state index is -0.112. The van der Waals surface area contributed by atoms with E-state index in [0.29, 0.717) is 12.1 Å². The van der Waals surface area contributed by atoms with Crippen molar-refractivity contribution in [2.45, 2.75) is 13.5 Å². The minimum absolute atomic E-state index is 0.112. The molecule has 2 rings (SSSR count). The second kappa shape index (κ2) is 5.37. The molecule has 17 heavy (non-hydrogen) atoms. The smallest absolute Gasteiger partial charge is 0.251 e. The number of rotatable bonds is 3. The van der Waals surface area contributed by atoms with Crippen LogP contribution in [0.3, 0.4) is 0 Å². The molecule has 1 heterocycles. The highest BCUT2D eigenvalue weighted by Gasteiger charge is 2.07. The van der Waals surface area contributed by atoms with E-state index < -0.39 is 0 Å². The van der Waals surface area contributed by atoms with E-state index in [4.69, 9.17) is 0 Å². The number of amides is 1. The number of nitrogens with one attached hydrogen (secondary N) is 1. The van der Waals surface area contributed by atoms with Gasteiger partial charge in [0.25, 0.3) is 5.91 Å². The lowest BCUT2D eigenvalue weighted by Gasteiger charge is -2.02. The molecule has 6 heteroatoms. The van der Waals surface area contributed by atoms with Gasteiger partial charge in [0.1, 0.15) is 10.0 Å². The van der Waals surface area contributed by atoms with E-state index in [1.54, 1.807) is 12.1 Å². The van der Waals surface area contributed by atoms with Crippen molar-refractivity contribution in [3.05, 3.63) is 44.3 Å². The van der Waals surface area contributed by atoms with Crippen molar-refractivity contribution in [3.63, 3.8) is 0 Å². The molecule has 1 aromatic carbocycles. The molecule has 4 nitrogen and oxygen atoms in total. The standard InChI is InChI=1S/C11H10BrN3OS/c1-7-14-15-10(17-7)6-13-11(16)8-3-2-4-9(12)5-8/h2-5H,6H2,1H3,(H,13,16). The summed E-state index contributed by atoms with van der Waals surface area (Å²) in [6.07, 6.45) is 0. The Kier molecular flexibility index (Phi) is 3.86. The number of halogens is 1. The van der Waals surface area contributed by atoms with Gasteiger partial charge in [0.05, 0.1) is 6.54 Å². The molecule has 0 fully saturated rings. The first-order valence-electron chi connectivity index (χ1n) is 4.98. The van der Waals surface area contributed by atoms with Gasteiger partial charge in [-0.25, -0.2) is 0 Å². The topological polar surface area (TPSA) is 54.9 Å². The molecule has 1 aromatic heterocycles. The molecule has 0 spiro atoms. The van der Waals surface area contributed by atoms with Gasteiger partial charge in [-0.1, -0.05) is 33.3 Å². The van der Waals surface area contributed by atoms with Gasteiger partial charge in [-0.2, -0.15) is 0 Å². The number of hydrogen-bond acceptors (Lipinski definition) is 4. The van der Waals surface area contributed by atoms with Gasteiger partial charge in [0, 0.05) is 10.0 Å². The predicted molar refractivity (Wildman–Crippen MR) is 70.0 cm³/mol. The van der Waals surface area contributed by atoms with Crippen LogP contribution in [0.5, 0.6) is 0 Å². The third-order valence-electron chi connectivity index (χ3n) is 2.05. The highest BCUT2D eigenvalue weighted by Crippen LogP contribution is 2.12. The van der Waals surface area contributed by atoms with Crippen molar-refractivity contribution < 1.29 is 4.79 Å². The molecule has 0 atom stereocenters. The van der Waals surface area contributed by atoms with Crippen LogP contribution >= 0.6 is 27.3 Å². The third kappa shape index (κ3) is 3.34. The second-order valence-electron chi connectivity index (χ2n) is 3.41. The monoisotopic (exact) mass is 311 g/mol. The lowest BCUT2D eigenvalue weighted by molar-refractivity contribution is 0.0951. The number of nitrogens with zero attached hydrogens (tertiary/aromatic N) is 2. The van der Waals surface area contributed by atoms with Gasteiger partial charge in [0.15, 0.2) is 0 Å². The zero-order valence-electron chi connectivity index (χ0n) is 9.11. The van der Waals surface area contributed by atoms with Gasteiger partial charge in [0.2, 0.25) is 0 Å². The van der Waals surface area contributed by atoms with E-state index in [2.05, 4.69) is 31.4 Å². The Balaban J connectivity index is 1.98. The van der Waals surface area contributed by atoms with Crippen LogP contribution in [0.15, 0.2) is 28.7 Å². The van der Waals surface area contributed by atoms with Gasteiger partial charge < -0.3 is 5.32 Å². The number of aromatic nitrogens is 2. The Morgan fingerprint density at radius 2 is 2.29 bits per heavy atom. The van der Waals surface area contributed by atoms with Crippen molar-refractivity contribution in [2.24, 2.45) is 0 Å². The van der Waals surface area contributed by atoms with Crippen LogP contribution in [0, 0.1) is 6.92 Å². The molecule has 0 bridgehead atoms. The van der Waals surface area contributed by atoms with E-state index in [0.717, 1.165) is 14.5 Å². The van der Waals surface area contributed by atoms with Crippen molar-refractivity contribution in [1.29, 1.82) is 0 Å². The second-order valence-corrected chi connectivity index (χ2v) is 5.59. The summed E-state index contributed by atoms with van der Waals surface area (Å²) in [5, 5.41) is 12.3. The summed E-state index contributed by atoms with van der Waals surface area (Å²) in [6, 6.07) is 7.26. The summed E-state index contributed by atoms with van der Waals surface area (Å²) in [5.74, 6) is -0.112. The molecule has 0 aliphatic rings. The van der Waals surface area contributed by atoms with Crippen molar-refractivity contribution in [1.82, 2.24) is 15.5 Å². The molecule has 0 aliphatic carbocycles. The minimum Gasteiger partial charge on any atom is -0.345 e. The van der Waals surface area contributed by atoms with Crippen LogP contribution in [0.1, 0.15) is 20.4 Å². The molecule has 2 aromatic rings. The number of hydrogen-bond donors (Lipinski definition) is 1. The number of benzene rings is 1. The van der Waals surface area contributed by atoms with Crippen LogP contribution < -0.4 is 5.32 Å². The van der Waals surface area contributed by atoms with Crippen molar-refractivity contribution in [3.8, 4) is 0 Å². The first-order valence-corrected chi connectivity index (χ1v) is 6.59.